The average molecular weight is 250 g/mol. The highest BCUT2D eigenvalue weighted by atomic mass is 16.5. The number of ether oxygens (including phenoxy) is 1. The zero-order valence-corrected chi connectivity index (χ0v) is 10.3. The molecular weight excluding hydrogens is 232 g/mol. The van der Waals surface area contributed by atoms with Gasteiger partial charge >= 0.3 is 0 Å². The number of oxime groups is 1. The van der Waals surface area contributed by atoms with Gasteiger partial charge in [0.2, 0.25) is 0 Å². The molecule has 5 nitrogen and oxygen atoms in total. The molecule has 0 radical (unpaired) electrons. The Hall–Kier alpha value is -1.62. The van der Waals surface area contributed by atoms with Crippen LogP contribution in [0.5, 0.6) is 0 Å². The first-order valence-corrected chi connectivity index (χ1v) is 6.26. The monoisotopic (exact) mass is 250 g/mol. The summed E-state index contributed by atoms with van der Waals surface area (Å²) in [6.45, 7) is 1.12. The number of hydrogen-bond acceptors (Lipinski definition) is 4. The van der Waals surface area contributed by atoms with E-state index in [-0.39, 0.29) is 11.7 Å². The fourth-order valence-electron chi connectivity index (χ4n) is 2.15. The molecule has 2 rings (SSSR count). The van der Waals surface area contributed by atoms with Crippen LogP contribution in [0.4, 0.5) is 0 Å². The van der Waals surface area contributed by atoms with Crippen molar-refractivity contribution in [1.82, 2.24) is 4.57 Å². The molecule has 1 N–H and O–H groups in total. The molecule has 0 unspecified atom stereocenters. The van der Waals surface area contributed by atoms with Gasteiger partial charge < -0.3 is 14.5 Å². The third kappa shape index (κ3) is 3.43. The number of rotatable bonds is 4. The molecular formula is C13H18N2O3. The smallest absolute Gasteiger partial charge is 0.250 e. The Morgan fingerprint density at radius 3 is 2.83 bits per heavy atom. The van der Waals surface area contributed by atoms with Crippen LogP contribution in [0, 0.1) is 0 Å². The summed E-state index contributed by atoms with van der Waals surface area (Å²) in [6.07, 6.45) is 5.36. The van der Waals surface area contributed by atoms with E-state index in [1.807, 2.05) is 6.07 Å². The van der Waals surface area contributed by atoms with Gasteiger partial charge in [0.05, 0.1) is 18.4 Å². The third-order valence-electron chi connectivity index (χ3n) is 3.24. The SMILES string of the molecule is O=c1ccccn1CCOC1CCC(=NO)CC1. The highest BCUT2D eigenvalue weighted by Gasteiger charge is 2.18. The minimum atomic E-state index is -0.000515. The van der Waals surface area contributed by atoms with E-state index >= 15 is 0 Å². The van der Waals surface area contributed by atoms with E-state index in [1.165, 1.54) is 0 Å². The van der Waals surface area contributed by atoms with E-state index in [9.17, 15) is 4.79 Å². The van der Waals surface area contributed by atoms with Crippen LogP contribution in [-0.4, -0.2) is 28.2 Å². The summed E-state index contributed by atoms with van der Waals surface area (Å²) >= 11 is 0. The van der Waals surface area contributed by atoms with Gasteiger partial charge in [-0.15, -0.1) is 0 Å². The van der Waals surface area contributed by atoms with E-state index in [1.54, 1.807) is 22.9 Å². The van der Waals surface area contributed by atoms with Gasteiger partial charge in [0.1, 0.15) is 0 Å². The summed E-state index contributed by atoms with van der Waals surface area (Å²) in [7, 11) is 0. The van der Waals surface area contributed by atoms with Crippen molar-refractivity contribution in [3.8, 4) is 0 Å². The molecule has 1 aromatic rings. The highest BCUT2D eigenvalue weighted by molar-refractivity contribution is 5.84. The van der Waals surface area contributed by atoms with Gasteiger partial charge in [0.15, 0.2) is 0 Å². The minimum absolute atomic E-state index is 0.000515. The Balaban J connectivity index is 1.73. The number of hydrogen-bond donors (Lipinski definition) is 1. The van der Waals surface area contributed by atoms with Crippen LogP contribution in [0.3, 0.4) is 0 Å². The van der Waals surface area contributed by atoms with E-state index in [4.69, 9.17) is 9.94 Å². The Kier molecular flexibility index (Phi) is 4.52. The molecule has 0 atom stereocenters. The molecule has 1 saturated carbocycles. The molecule has 0 bridgehead atoms. The van der Waals surface area contributed by atoms with E-state index < -0.39 is 0 Å². The zero-order chi connectivity index (χ0) is 12.8. The topological polar surface area (TPSA) is 63.8 Å². The van der Waals surface area contributed by atoms with Crippen molar-refractivity contribution < 1.29 is 9.94 Å². The fourth-order valence-corrected chi connectivity index (χ4v) is 2.15. The lowest BCUT2D eigenvalue weighted by Crippen LogP contribution is -2.25. The van der Waals surface area contributed by atoms with Gasteiger partial charge in [-0.05, 0) is 31.7 Å². The first-order chi connectivity index (χ1) is 8.79. The fraction of sp³-hybridized carbons (Fsp3) is 0.538. The van der Waals surface area contributed by atoms with Gasteiger partial charge in [-0.3, -0.25) is 4.79 Å². The maximum absolute atomic E-state index is 11.4. The second kappa shape index (κ2) is 6.35. The molecule has 5 heteroatoms. The summed E-state index contributed by atoms with van der Waals surface area (Å²) in [5.74, 6) is 0. The van der Waals surface area contributed by atoms with Crippen LogP contribution in [0.1, 0.15) is 25.7 Å². The van der Waals surface area contributed by atoms with Crippen molar-refractivity contribution in [3.05, 3.63) is 34.7 Å². The van der Waals surface area contributed by atoms with Crippen LogP contribution in [0.15, 0.2) is 34.3 Å². The lowest BCUT2D eigenvalue weighted by Gasteiger charge is -2.22. The van der Waals surface area contributed by atoms with Gasteiger partial charge in [-0.1, -0.05) is 11.2 Å². The van der Waals surface area contributed by atoms with Gasteiger partial charge in [-0.25, -0.2) is 0 Å². The Bertz CT molecular complexity index is 457. The second-order valence-electron chi connectivity index (χ2n) is 4.47. The molecule has 0 spiro atoms. The van der Waals surface area contributed by atoms with Crippen molar-refractivity contribution in [1.29, 1.82) is 0 Å². The van der Waals surface area contributed by atoms with Crippen LogP contribution < -0.4 is 5.56 Å². The van der Waals surface area contributed by atoms with Crippen LogP contribution in [0.25, 0.3) is 0 Å². The summed E-state index contributed by atoms with van der Waals surface area (Å²) in [4.78, 5) is 11.4. The normalized spacial score (nSPS) is 19.8. The quantitative estimate of drug-likeness (QED) is 0.652. The zero-order valence-electron chi connectivity index (χ0n) is 10.3. The molecule has 1 aliphatic carbocycles. The van der Waals surface area contributed by atoms with Gasteiger partial charge in [0.25, 0.3) is 5.56 Å². The number of aromatic nitrogens is 1. The Morgan fingerprint density at radius 1 is 1.39 bits per heavy atom. The molecule has 18 heavy (non-hydrogen) atoms. The van der Waals surface area contributed by atoms with E-state index in [0.29, 0.717) is 13.2 Å². The molecule has 1 aromatic heterocycles. The summed E-state index contributed by atoms with van der Waals surface area (Å²) < 4.78 is 7.38. The lowest BCUT2D eigenvalue weighted by molar-refractivity contribution is 0.0346. The molecule has 1 aliphatic rings. The van der Waals surface area contributed by atoms with E-state index in [2.05, 4.69) is 5.16 Å². The Labute approximate surface area is 106 Å². The molecule has 1 heterocycles. The van der Waals surface area contributed by atoms with Crippen molar-refractivity contribution in [2.45, 2.75) is 38.3 Å². The molecule has 0 amide bonds. The molecule has 0 aromatic carbocycles. The molecule has 0 aliphatic heterocycles. The third-order valence-corrected chi connectivity index (χ3v) is 3.24. The predicted molar refractivity (Wildman–Crippen MR) is 68.1 cm³/mol. The van der Waals surface area contributed by atoms with Crippen molar-refractivity contribution in [3.63, 3.8) is 0 Å². The molecule has 0 saturated heterocycles. The van der Waals surface area contributed by atoms with Gasteiger partial charge in [-0.2, -0.15) is 0 Å². The maximum atomic E-state index is 11.4. The highest BCUT2D eigenvalue weighted by Crippen LogP contribution is 2.18. The lowest BCUT2D eigenvalue weighted by atomic mass is 9.96. The van der Waals surface area contributed by atoms with Crippen LogP contribution in [-0.2, 0) is 11.3 Å². The van der Waals surface area contributed by atoms with Crippen LogP contribution >= 0.6 is 0 Å². The first kappa shape index (κ1) is 12.8. The van der Waals surface area contributed by atoms with Crippen LogP contribution in [0.2, 0.25) is 0 Å². The largest absolute Gasteiger partial charge is 0.411 e. The molecule has 98 valence electrons. The van der Waals surface area contributed by atoms with Crippen molar-refractivity contribution in [2.24, 2.45) is 5.16 Å². The average Bonchev–Trinajstić information content (AvgIpc) is 2.42. The second-order valence-corrected chi connectivity index (χ2v) is 4.47. The summed E-state index contributed by atoms with van der Waals surface area (Å²) in [5, 5.41) is 11.9. The summed E-state index contributed by atoms with van der Waals surface area (Å²) in [5.41, 5.74) is 0.855. The van der Waals surface area contributed by atoms with Crippen molar-refractivity contribution >= 4 is 5.71 Å². The summed E-state index contributed by atoms with van der Waals surface area (Å²) in [6, 6.07) is 5.12. The van der Waals surface area contributed by atoms with E-state index in [0.717, 1.165) is 31.4 Å². The number of pyridine rings is 1. The predicted octanol–water partition coefficient (Wildman–Crippen LogP) is 1.64. The minimum Gasteiger partial charge on any atom is -0.411 e. The van der Waals surface area contributed by atoms with Crippen molar-refractivity contribution in [2.75, 3.05) is 6.61 Å². The number of nitrogens with zero attached hydrogens (tertiary/aromatic N) is 2. The standard InChI is InChI=1S/C13H18N2O3/c16-13-3-1-2-8-15(13)9-10-18-12-6-4-11(14-17)5-7-12/h1-3,8,12,17H,4-7,9-10H2. The maximum Gasteiger partial charge on any atom is 0.250 e. The van der Waals surface area contributed by atoms with Gasteiger partial charge in [0, 0.05) is 18.8 Å². The first-order valence-electron chi connectivity index (χ1n) is 6.26. The Morgan fingerprint density at radius 2 is 2.17 bits per heavy atom. The molecule has 1 fully saturated rings.